The zero-order chi connectivity index (χ0) is 13.4. The van der Waals surface area contributed by atoms with E-state index in [-0.39, 0.29) is 5.92 Å². The molecule has 0 amide bonds. The maximum Gasteiger partial charge on any atom is 0.314 e. The number of aryl methyl sites for hydroxylation is 2. The summed E-state index contributed by atoms with van der Waals surface area (Å²) in [7, 11) is 0. The van der Waals surface area contributed by atoms with E-state index in [0.717, 1.165) is 16.7 Å². The van der Waals surface area contributed by atoms with Gasteiger partial charge in [0.05, 0.1) is 5.41 Å². The Morgan fingerprint density at radius 2 is 1.88 bits per heavy atom. The predicted molar refractivity (Wildman–Crippen MR) is 70.2 cm³/mol. The van der Waals surface area contributed by atoms with E-state index in [0.29, 0.717) is 5.69 Å². The molecular formula is C14H21NO2. The molecule has 3 heteroatoms. The SMILES string of the molecule is Cc1cc(C)c(N)c(C(C)(C(=O)O)C(C)C)c1. The highest BCUT2D eigenvalue weighted by atomic mass is 16.4. The smallest absolute Gasteiger partial charge is 0.314 e. The fourth-order valence-corrected chi connectivity index (χ4v) is 2.08. The Morgan fingerprint density at radius 3 is 2.29 bits per heavy atom. The molecule has 0 saturated heterocycles. The lowest BCUT2D eigenvalue weighted by Crippen LogP contribution is -2.38. The molecule has 0 aromatic heterocycles. The van der Waals surface area contributed by atoms with Crippen LogP contribution in [0.3, 0.4) is 0 Å². The van der Waals surface area contributed by atoms with Gasteiger partial charge in [-0.25, -0.2) is 0 Å². The van der Waals surface area contributed by atoms with E-state index < -0.39 is 11.4 Å². The monoisotopic (exact) mass is 235 g/mol. The quantitative estimate of drug-likeness (QED) is 0.792. The minimum absolute atomic E-state index is 0.0245. The summed E-state index contributed by atoms with van der Waals surface area (Å²) in [6.45, 7) is 9.42. The zero-order valence-corrected chi connectivity index (χ0v) is 11.2. The van der Waals surface area contributed by atoms with Gasteiger partial charge in [0.25, 0.3) is 0 Å². The number of nitrogen functional groups attached to an aromatic ring is 1. The molecular weight excluding hydrogens is 214 g/mol. The van der Waals surface area contributed by atoms with E-state index in [9.17, 15) is 9.90 Å². The van der Waals surface area contributed by atoms with Crippen LogP contribution in [0.2, 0.25) is 0 Å². The Bertz CT molecular complexity index is 452. The van der Waals surface area contributed by atoms with Gasteiger partial charge in [0.1, 0.15) is 0 Å². The molecule has 0 heterocycles. The number of hydrogen-bond acceptors (Lipinski definition) is 2. The van der Waals surface area contributed by atoms with Crippen LogP contribution in [-0.4, -0.2) is 11.1 Å². The highest BCUT2D eigenvalue weighted by molar-refractivity contribution is 5.84. The highest BCUT2D eigenvalue weighted by Gasteiger charge is 2.40. The zero-order valence-electron chi connectivity index (χ0n) is 11.2. The van der Waals surface area contributed by atoms with Gasteiger partial charge in [-0.2, -0.15) is 0 Å². The van der Waals surface area contributed by atoms with Gasteiger partial charge in [-0.15, -0.1) is 0 Å². The first kappa shape index (κ1) is 13.6. The number of nitrogens with two attached hydrogens (primary N) is 1. The third-order valence-electron chi connectivity index (χ3n) is 3.69. The van der Waals surface area contributed by atoms with Gasteiger partial charge >= 0.3 is 5.97 Å². The molecule has 1 aromatic carbocycles. The molecule has 1 unspecified atom stereocenters. The third-order valence-corrected chi connectivity index (χ3v) is 3.69. The fourth-order valence-electron chi connectivity index (χ4n) is 2.08. The Hall–Kier alpha value is -1.51. The molecule has 0 bridgehead atoms. The number of aliphatic carboxylic acids is 1. The van der Waals surface area contributed by atoms with Crippen LogP contribution in [0.15, 0.2) is 12.1 Å². The van der Waals surface area contributed by atoms with Crippen molar-refractivity contribution in [1.82, 2.24) is 0 Å². The Labute approximate surface area is 103 Å². The normalized spacial score (nSPS) is 14.7. The van der Waals surface area contributed by atoms with Gasteiger partial charge in [0, 0.05) is 5.69 Å². The van der Waals surface area contributed by atoms with Crippen LogP contribution in [0, 0.1) is 19.8 Å². The molecule has 0 aliphatic carbocycles. The van der Waals surface area contributed by atoms with Crippen LogP contribution in [0.5, 0.6) is 0 Å². The highest BCUT2D eigenvalue weighted by Crippen LogP contribution is 2.37. The van der Waals surface area contributed by atoms with Gasteiger partial charge in [-0.3, -0.25) is 4.79 Å². The summed E-state index contributed by atoms with van der Waals surface area (Å²) in [6, 6.07) is 3.86. The predicted octanol–water partition coefficient (Wildman–Crippen LogP) is 2.88. The van der Waals surface area contributed by atoms with E-state index >= 15 is 0 Å². The standard InChI is InChI=1S/C14H21NO2/c1-8(2)14(5,13(16)17)11-7-9(3)6-10(4)12(11)15/h6-8H,15H2,1-5H3,(H,16,17). The number of carboxylic acid groups (broad SMARTS) is 1. The van der Waals surface area contributed by atoms with Crippen molar-refractivity contribution in [3.63, 3.8) is 0 Å². The molecule has 17 heavy (non-hydrogen) atoms. The fraction of sp³-hybridized carbons (Fsp3) is 0.500. The van der Waals surface area contributed by atoms with Crippen LogP contribution in [0.1, 0.15) is 37.5 Å². The molecule has 3 nitrogen and oxygen atoms in total. The summed E-state index contributed by atoms with van der Waals surface area (Å²) in [5.74, 6) is -0.854. The van der Waals surface area contributed by atoms with Crippen molar-refractivity contribution in [1.29, 1.82) is 0 Å². The van der Waals surface area contributed by atoms with Gasteiger partial charge in [-0.05, 0) is 37.8 Å². The number of carbonyl (C=O) groups is 1. The maximum absolute atomic E-state index is 11.6. The molecule has 94 valence electrons. The number of rotatable bonds is 3. The largest absolute Gasteiger partial charge is 0.481 e. The van der Waals surface area contributed by atoms with Crippen LogP contribution >= 0.6 is 0 Å². The second kappa shape index (κ2) is 4.40. The summed E-state index contributed by atoms with van der Waals surface area (Å²) in [5.41, 5.74) is 8.40. The summed E-state index contributed by atoms with van der Waals surface area (Å²) in [4.78, 5) is 11.6. The molecule has 0 radical (unpaired) electrons. The molecule has 0 fully saturated rings. The first-order chi connectivity index (χ1) is 7.71. The van der Waals surface area contributed by atoms with Crippen molar-refractivity contribution >= 4 is 11.7 Å². The Balaban J connectivity index is 3.55. The van der Waals surface area contributed by atoms with Crippen LogP contribution in [0.25, 0.3) is 0 Å². The van der Waals surface area contributed by atoms with Crippen molar-refractivity contribution in [3.8, 4) is 0 Å². The summed E-state index contributed by atoms with van der Waals surface area (Å²) in [6.07, 6.45) is 0. The summed E-state index contributed by atoms with van der Waals surface area (Å²) in [5, 5.41) is 9.51. The van der Waals surface area contributed by atoms with Gasteiger partial charge < -0.3 is 10.8 Å². The Morgan fingerprint density at radius 1 is 1.35 bits per heavy atom. The van der Waals surface area contributed by atoms with E-state index in [1.807, 2.05) is 39.8 Å². The van der Waals surface area contributed by atoms with E-state index in [1.54, 1.807) is 6.92 Å². The van der Waals surface area contributed by atoms with Gasteiger partial charge in [0.15, 0.2) is 0 Å². The van der Waals surface area contributed by atoms with Crippen LogP contribution in [-0.2, 0) is 10.2 Å². The number of carboxylic acids is 1. The molecule has 0 aliphatic rings. The topological polar surface area (TPSA) is 63.3 Å². The summed E-state index contributed by atoms with van der Waals surface area (Å²) < 4.78 is 0. The molecule has 0 aliphatic heterocycles. The molecule has 3 N–H and O–H groups in total. The first-order valence-electron chi connectivity index (χ1n) is 5.81. The molecule has 1 aromatic rings. The lowest BCUT2D eigenvalue weighted by molar-refractivity contribution is -0.144. The van der Waals surface area contributed by atoms with Crippen molar-refractivity contribution in [2.24, 2.45) is 5.92 Å². The second-order valence-corrected chi connectivity index (χ2v) is 5.21. The van der Waals surface area contributed by atoms with E-state index in [2.05, 4.69) is 0 Å². The third kappa shape index (κ3) is 2.14. The lowest BCUT2D eigenvalue weighted by atomic mass is 9.72. The lowest BCUT2D eigenvalue weighted by Gasteiger charge is -2.31. The number of benzene rings is 1. The molecule has 0 spiro atoms. The second-order valence-electron chi connectivity index (χ2n) is 5.21. The minimum Gasteiger partial charge on any atom is -0.481 e. The molecule has 0 saturated carbocycles. The van der Waals surface area contributed by atoms with E-state index in [1.165, 1.54) is 0 Å². The van der Waals surface area contributed by atoms with Gasteiger partial charge in [0.2, 0.25) is 0 Å². The van der Waals surface area contributed by atoms with Crippen molar-refractivity contribution < 1.29 is 9.90 Å². The average molecular weight is 235 g/mol. The van der Waals surface area contributed by atoms with E-state index in [4.69, 9.17) is 5.73 Å². The molecule has 1 atom stereocenters. The number of hydrogen-bond donors (Lipinski definition) is 2. The summed E-state index contributed by atoms with van der Waals surface area (Å²) >= 11 is 0. The van der Waals surface area contributed by atoms with Crippen molar-refractivity contribution in [2.45, 2.75) is 40.0 Å². The van der Waals surface area contributed by atoms with Crippen LogP contribution < -0.4 is 5.73 Å². The number of anilines is 1. The first-order valence-corrected chi connectivity index (χ1v) is 5.81. The van der Waals surface area contributed by atoms with Crippen molar-refractivity contribution in [2.75, 3.05) is 5.73 Å². The van der Waals surface area contributed by atoms with Gasteiger partial charge in [-0.1, -0.05) is 31.5 Å². The molecule has 1 rings (SSSR count). The van der Waals surface area contributed by atoms with Crippen molar-refractivity contribution in [3.05, 3.63) is 28.8 Å². The Kier molecular flexibility index (Phi) is 3.51. The van der Waals surface area contributed by atoms with Crippen LogP contribution in [0.4, 0.5) is 5.69 Å². The minimum atomic E-state index is -0.944. The maximum atomic E-state index is 11.6. The average Bonchev–Trinajstić information content (AvgIpc) is 2.21.